The molecule has 2 nitrogen and oxygen atoms in total. The highest BCUT2D eigenvalue weighted by Gasteiger charge is 1.95. The Morgan fingerprint density at radius 3 is 2.46 bits per heavy atom. The largest absolute Gasteiger partial charge is 0.273 e. The van der Waals surface area contributed by atoms with E-state index >= 15 is 0 Å². The first-order valence-corrected chi connectivity index (χ1v) is 4.57. The zero-order chi connectivity index (χ0) is 9.52. The van der Waals surface area contributed by atoms with Gasteiger partial charge in [-0.05, 0) is 24.8 Å². The number of carbonyl (C=O) groups excluding carboxylic acids is 1. The van der Waals surface area contributed by atoms with E-state index in [4.69, 9.17) is 5.73 Å². The summed E-state index contributed by atoms with van der Waals surface area (Å²) in [5.41, 5.74) is 8.03. The maximum Gasteiger partial charge on any atom is 0.238 e. The second-order valence-corrected chi connectivity index (χ2v) is 3.12. The van der Waals surface area contributed by atoms with Crippen LogP contribution in [-0.2, 0) is 11.2 Å². The highest BCUT2D eigenvalue weighted by Crippen LogP contribution is 2.05. The van der Waals surface area contributed by atoms with E-state index in [9.17, 15) is 4.79 Å². The van der Waals surface area contributed by atoms with Crippen LogP contribution in [0.15, 0.2) is 30.3 Å². The van der Waals surface area contributed by atoms with Gasteiger partial charge in [0, 0.05) is 6.42 Å². The minimum Gasteiger partial charge on any atom is -0.273 e. The van der Waals surface area contributed by atoms with Crippen molar-refractivity contribution < 1.29 is 4.79 Å². The molecule has 0 unspecified atom stereocenters. The highest BCUT2D eigenvalue weighted by molar-refractivity contribution is 5.72. The average molecular weight is 176 g/mol. The van der Waals surface area contributed by atoms with Crippen molar-refractivity contribution in [2.24, 2.45) is 0 Å². The van der Waals surface area contributed by atoms with Crippen LogP contribution in [0.5, 0.6) is 0 Å². The molecule has 1 rings (SSSR count). The van der Waals surface area contributed by atoms with Crippen LogP contribution < -0.4 is 5.73 Å². The maximum atomic E-state index is 10.3. The Balaban J connectivity index is 2.17. The molecule has 0 aromatic heterocycles. The molecule has 2 heteroatoms. The molecule has 0 heterocycles. The fraction of sp³-hybridized carbons (Fsp3) is 0.364. The summed E-state index contributed by atoms with van der Waals surface area (Å²) in [6, 6.07) is 10.2. The molecule has 1 radical (unpaired) electrons. The lowest BCUT2D eigenvalue weighted by Gasteiger charge is -1.98. The summed E-state index contributed by atoms with van der Waals surface area (Å²) in [7, 11) is 0. The molecule has 0 bridgehead atoms. The molecule has 13 heavy (non-hydrogen) atoms. The monoisotopic (exact) mass is 176 g/mol. The van der Waals surface area contributed by atoms with Crippen LogP contribution in [0.2, 0.25) is 0 Å². The SMILES string of the molecule is [NH]C(=O)CCCCc1ccccc1. The van der Waals surface area contributed by atoms with Crippen LogP contribution in [0.1, 0.15) is 24.8 Å². The third kappa shape index (κ3) is 4.31. The zero-order valence-electron chi connectivity index (χ0n) is 7.62. The molecule has 1 N–H and O–H groups in total. The first-order valence-electron chi connectivity index (χ1n) is 4.57. The van der Waals surface area contributed by atoms with Crippen LogP contribution >= 0.6 is 0 Å². The third-order valence-electron chi connectivity index (χ3n) is 1.96. The first-order chi connectivity index (χ1) is 6.29. The molecule has 1 aromatic rings. The number of hydrogen-bond acceptors (Lipinski definition) is 1. The lowest BCUT2D eigenvalue weighted by atomic mass is 10.1. The van der Waals surface area contributed by atoms with E-state index < -0.39 is 5.91 Å². The van der Waals surface area contributed by atoms with Gasteiger partial charge in [0.1, 0.15) is 0 Å². The van der Waals surface area contributed by atoms with Crippen LogP contribution in [-0.4, -0.2) is 5.91 Å². The summed E-state index contributed by atoms with van der Waals surface area (Å²) >= 11 is 0. The predicted octanol–water partition coefficient (Wildman–Crippen LogP) is 2.21. The molecular formula is C11H14NO. The molecule has 69 valence electrons. The van der Waals surface area contributed by atoms with E-state index in [1.165, 1.54) is 5.56 Å². The van der Waals surface area contributed by atoms with E-state index in [1.54, 1.807) is 0 Å². The Kier molecular flexibility index (Phi) is 4.03. The van der Waals surface area contributed by atoms with Crippen LogP contribution in [0.4, 0.5) is 0 Å². The third-order valence-corrected chi connectivity index (χ3v) is 1.96. The summed E-state index contributed by atoms with van der Waals surface area (Å²) in [6.07, 6.45) is 3.23. The quantitative estimate of drug-likeness (QED) is 0.634. The number of rotatable bonds is 5. The van der Waals surface area contributed by atoms with Crippen molar-refractivity contribution in [1.29, 1.82) is 0 Å². The van der Waals surface area contributed by atoms with Gasteiger partial charge in [0.25, 0.3) is 0 Å². The Morgan fingerprint density at radius 1 is 1.15 bits per heavy atom. The van der Waals surface area contributed by atoms with Gasteiger partial charge in [-0.25, -0.2) is 0 Å². The van der Waals surface area contributed by atoms with Crippen molar-refractivity contribution in [2.75, 3.05) is 0 Å². The van der Waals surface area contributed by atoms with Gasteiger partial charge in [-0.3, -0.25) is 10.5 Å². The fourth-order valence-corrected chi connectivity index (χ4v) is 1.26. The number of carbonyl (C=O) groups is 1. The summed E-state index contributed by atoms with van der Waals surface area (Å²) < 4.78 is 0. The minimum absolute atomic E-state index is 0.396. The van der Waals surface area contributed by atoms with Crippen LogP contribution in [0.3, 0.4) is 0 Å². The number of benzene rings is 1. The van der Waals surface area contributed by atoms with Gasteiger partial charge in [0.05, 0.1) is 0 Å². The van der Waals surface area contributed by atoms with E-state index in [0.717, 1.165) is 19.3 Å². The number of aryl methyl sites for hydroxylation is 1. The Bertz CT molecular complexity index is 256. The van der Waals surface area contributed by atoms with E-state index in [0.29, 0.717) is 6.42 Å². The normalized spacial score (nSPS) is 9.85. The van der Waals surface area contributed by atoms with Crippen molar-refractivity contribution in [3.63, 3.8) is 0 Å². The first kappa shape index (κ1) is 9.78. The lowest BCUT2D eigenvalue weighted by Crippen LogP contribution is -1.97. The van der Waals surface area contributed by atoms with E-state index in [1.807, 2.05) is 18.2 Å². The molecule has 0 saturated heterocycles. The standard InChI is InChI=1S/C11H14NO/c12-11(13)9-5-4-8-10-6-2-1-3-7-10/h1-3,6-7,12H,4-5,8-9H2. The Hall–Kier alpha value is -1.31. The van der Waals surface area contributed by atoms with Crippen molar-refractivity contribution in [1.82, 2.24) is 5.73 Å². The molecule has 0 aliphatic rings. The van der Waals surface area contributed by atoms with Gasteiger partial charge < -0.3 is 0 Å². The molecule has 0 fully saturated rings. The molecule has 1 amide bonds. The number of amides is 1. The lowest BCUT2D eigenvalue weighted by molar-refractivity contribution is -0.118. The fourth-order valence-electron chi connectivity index (χ4n) is 1.26. The summed E-state index contributed by atoms with van der Waals surface area (Å²) in [5, 5.41) is 0. The van der Waals surface area contributed by atoms with E-state index in [2.05, 4.69) is 12.1 Å². The van der Waals surface area contributed by atoms with Crippen molar-refractivity contribution in [2.45, 2.75) is 25.7 Å². The minimum atomic E-state index is -0.451. The molecule has 0 spiro atoms. The van der Waals surface area contributed by atoms with Crippen molar-refractivity contribution in [3.8, 4) is 0 Å². The number of nitrogens with one attached hydrogen (secondary N) is 1. The molecule has 0 saturated carbocycles. The van der Waals surface area contributed by atoms with Gasteiger partial charge in [0.15, 0.2) is 0 Å². The highest BCUT2D eigenvalue weighted by atomic mass is 16.1. The molecule has 0 aliphatic carbocycles. The predicted molar refractivity (Wildman–Crippen MR) is 52.1 cm³/mol. The molecule has 1 aromatic carbocycles. The summed E-state index contributed by atoms with van der Waals surface area (Å²) in [4.78, 5) is 10.3. The number of hydrogen-bond donors (Lipinski definition) is 0. The van der Waals surface area contributed by atoms with Gasteiger partial charge in [-0.2, -0.15) is 0 Å². The van der Waals surface area contributed by atoms with Crippen molar-refractivity contribution >= 4 is 5.91 Å². The number of unbranched alkanes of at least 4 members (excludes halogenated alkanes) is 1. The summed E-state index contributed by atoms with van der Waals surface area (Å²) in [6.45, 7) is 0. The van der Waals surface area contributed by atoms with Gasteiger partial charge in [0.2, 0.25) is 5.91 Å². The average Bonchev–Trinajstić information content (AvgIpc) is 2.14. The second-order valence-electron chi connectivity index (χ2n) is 3.12. The van der Waals surface area contributed by atoms with E-state index in [-0.39, 0.29) is 0 Å². The summed E-state index contributed by atoms with van der Waals surface area (Å²) in [5.74, 6) is -0.451. The second kappa shape index (κ2) is 5.36. The van der Waals surface area contributed by atoms with Crippen LogP contribution in [0.25, 0.3) is 0 Å². The zero-order valence-corrected chi connectivity index (χ0v) is 7.62. The topological polar surface area (TPSA) is 40.9 Å². The molecular weight excluding hydrogens is 162 g/mol. The Labute approximate surface area is 78.8 Å². The molecule has 0 aliphatic heterocycles. The smallest absolute Gasteiger partial charge is 0.238 e. The van der Waals surface area contributed by atoms with Gasteiger partial charge >= 0.3 is 0 Å². The van der Waals surface area contributed by atoms with Crippen molar-refractivity contribution in [3.05, 3.63) is 35.9 Å². The Morgan fingerprint density at radius 2 is 1.85 bits per heavy atom. The maximum absolute atomic E-state index is 10.3. The van der Waals surface area contributed by atoms with Crippen LogP contribution in [0, 0.1) is 0 Å². The van der Waals surface area contributed by atoms with Gasteiger partial charge in [-0.15, -0.1) is 0 Å². The van der Waals surface area contributed by atoms with Gasteiger partial charge in [-0.1, -0.05) is 30.3 Å². The molecule has 0 atom stereocenters.